The van der Waals surface area contributed by atoms with Crippen molar-refractivity contribution in [1.82, 2.24) is 4.90 Å². The number of nitrogens with zero attached hydrogens (tertiary/aromatic N) is 2. The molecule has 0 aromatic heterocycles. The van der Waals surface area contributed by atoms with Gasteiger partial charge in [-0.1, -0.05) is 28.1 Å². The number of carbonyl (C=O) groups excluding carboxylic acids is 2. The zero-order valence-corrected chi connectivity index (χ0v) is 16.8. The van der Waals surface area contributed by atoms with Crippen molar-refractivity contribution in [2.45, 2.75) is 0 Å². The maximum Gasteiger partial charge on any atom is 0.295 e. The third-order valence-corrected chi connectivity index (χ3v) is 5.30. The lowest BCUT2D eigenvalue weighted by Crippen LogP contribution is -2.33. The van der Waals surface area contributed by atoms with Gasteiger partial charge in [-0.05, 0) is 59.8 Å². The summed E-state index contributed by atoms with van der Waals surface area (Å²) in [6.07, 6.45) is 1.75. The Labute approximate surface area is 165 Å². The summed E-state index contributed by atoms with van der Waals surface area (Å²) in [6.45, 7) is 0.142. The molecule has 0 unspecified atom stereocenters. The summed E-state index contributed by atoms with van der Waals surface area (Å²) in [7, 11) is 3.94. The zero-order valence-electron chi connectivity index (χ0n) is 14.4. The highest BCUT2D eigenvalue weighted by atomic mass is 79.9. The van der Waals surface area contributed by atoms with Crippen LogP contribution in [0, 0.1) is 0 Å². The van der Waals surface area contributed by atoms with Gasteiger partial charge in [0.1, 0.15) is 0 Å². The van der Waals surface area contributed by atoms with Crippen molar-refractivity contribution in [3.8, 4) is 0 Å². The summed E-state index contributed by atoms with van der Waals surface area (Å²) >= 11 is 4.34. The molecule has 0 aliphatic carbocycles. The first kappa shape index (κ1) is 18.5. The Balaban J connectivity index is 1.68. The van der Waals surface area contributed by atoms with Crippen LogP contribution >= 0.6 is 27.7 Å². The van der Waals surface area contributed by atoms with Crippen molar-refractivity contribution in [3.63, 3.8) is 0 Å². The summed E-state index contributed by atoms with van der Waals surface area (Å²) < 4.78 is 0.970. The van der Waals surface area contributed by atoms with E-state index < -0.39 is 0 Å². The Kier molecular flexibility index (Phi) is 5.68. The number of anilines is 2. The second-order valence-corrected chi connectivity index (χ2v) is 7.85. The Hall–Kier alpha value is -2.25. The van der Waals surface area contributed by atoms with Crippen LogP contribution in [0.15, 0.2) is 57.9 Å². The molecule has 5 nitrogen and oxygen atoms in total. The second kappa shape index (κ2) is 7.97. The molecule has 1 heterocycles. The Morgan fingerprint density at radius 2 is 1.73 bits per heavy atom. The van der Waals surface area contributed by atoms with Crippen LogP contribution in [0.5, 0.6) is 0 Å². The molecule has 1 N–H and O–H groups in total. The van der Waals surface area contributed by atoms with E-state index in [1.54, 1.807) is 6.08 Å². The predicted molar refractivity (Wildman–Crippen MR) is 111 cm³/mol. The zero-order chi connectivity index (χ0) is 18.7. The quantitative estimate of drug-likeness (QED) is 0.699. The molecule has 26 heavy (non-hydrogen) atoms. The Morgan fingerprint density at radius 1 is 1.08 bits per heavy atom. The number of nitrogens with one attached hydrogen (secondary N) is 1. The summed E-state index contributed by atoms with van der Waals surface area (Å²) in [5.41, 5.74) is 2.81. The molecule has 1 fully saturated rings. The number of thioether (sulfide) groups is 1. The summed E-state index contributed by atoms with van der Waals surface area (Å²) in [5.74, 6) is -0.277. The number of imide groups is 1. The van der Waals surface area contributed by atoms with E-state index in [0.29, 0.717) is 4.91 Å². The predicted octanol–water partition coefficient (Wildman–Crippen LogP) is 4.62. The van der Waals surface area contributed by atoms with Crippen molar-refractivity contribution in [1.29, 1.82) is 0 Å². The van der Waals surface area contributed by atoms with Crippen LogP contribution in [-0.4, -0.2) is 36.8 Å². The van der Waals surface area contributed by atoms with Crippen LogP contribution in [-0.2, 0) is 4.79 Å². The molecule has 2 aromatic rings. The average molecular weight is 432 g/mol. The molecule has 1 aliphatic heterocycles. The molecule has 0 radical (unpaired) electrons. The average Bonchev–Trinajstić information content (AvgIpc) is 2.88. The van der Waals surface area contributed by atoms with E-state index in [0.717, 1.165) is 33.2 Å². The molecule has 0 saturated carbocycles. The number of hydrogen-bond acceptors (Lipinski definition) is 5. The fourth-order valence-corrected chi connectivity index (χ4v) is 3.50. The molecule has 1 saturated heterocycles. The normalized spacial score (nSPS) is 15.7. The highest BCUT2D eigenvalue weighted by Crippen LogP contribution is 2.32. The van der Waals surface area contributed by atoms with Gasteiger partial charge in [0.15, 0.2) is 0 Å². The van der Waals surface area contributed by atoms with Crippen molar-refractivity contribution in [3.05, 3.63) is 63.5 Å². The molecular formula is C19H18BrN3O2S. The first-order valence-corrected chi connectivity index (χ1v) is 9.57. The lowest BCUT2D eigenvalue weighted by atomic mass is 10.2. The standard InChI is InChI=1S/C19H18BrN3O2S/c1-22(2)16-9-3-13(4-10-16)11-17-18(24)23(19(25)26-17)12-21-15-7-5-14(20)6-8-15/h3-11,21H,12H2,1-2H3/b17-11-. The van der Waals surface area contributed by atoms with E-state index in [1.165, 1.54) is 4.90 Å². The fourth-order valence-electron chi connectivity index (χ4n) is 2.39. The minimum absolute atomic E-state index is 0.142. The summed E-state index contributed by atoms with van der Waals surface area (Å²) in [4.78, 5) is 28.4. The molecule has 2 amide bonds. The van der Waals surface area contributed by atoms with Crippen molar-refractivity contribution >= 4 is 56.3 Å². The molecule has 0 spiro atoms. The van der Waals surface area contributed by atoms with Gasteiger partial charge in [0.25, 0.3) is 11.1 Å². The smallest absolute Gasteiger partial charge is 0.295 e. The minimum Gasteiger partial charge on any atom is -0.378 e. The number of rotatable bonds is 5. The fraction of sp³-hybridized carbons (Fsp3) is 0.158. The molecule has 0 bridgehead atoms. The van der Waals surface area contributed by atoms with Crippen LogP contribution in [0.1, 0.15) is 5.56 Å². The third-order valence-electron chi connectivity index (χ3n) is 3.87. The van der Waals surface area contributed by atoms with Gasteiger partial charge in [-0.25, -0.2) is 0 Å². The molecule has 1 aliphatic rings. The minimum atomic E-state index is -0.277. The van der Waals surface area contributed by atoms with Gasteiger partial charge in [0, 0.05) is 29.9 Å². The number of benzene rings is 2. The van der Waals surface area contributed by atoms with Crippen LogP contribution in [0.2, 0.25) is 0 Å². The highest BCUT2D eigenvalue weighted by Gasteiger charge is 2.34. The van der Waals surface area contributed by atoms with E-state index in [-0.39, 0.29) is 17.8 Å². The molecular weight excluding hydrogens is 414 g/mol. The van der Waals surface area contributed by atoms with E-state index in [4.69, 9.17) is 0 Å². The Bertz CT molecular complexity index is 848. The van der Waals surface area contributed by atoms with Crippen molar-refractivity contribution < 1.29 is 9.59 Å². The maximum atomic E-state index is 12.5. The number of hydrogen-bond donors (Lipinski definition) is 1. The summed E-state index contributed by atoms with van der Waals surface area (Å²) in [6, 6.07) is 15.4. The van der Waals surface area contributed by atoms with E-state index in [9.17, 15) is 9.59 Å². The largest absolute Gasteiger partial charge is 0.378 e. The van der Waals surface area contributed by atoms with Gasteiger partial charge >= 0.3 is 0 Å². The first-order valence-electron chi connectivity index (χ1n) is 7.96. The molecule has 0 atom stereocenters. The summed E-state index contributed by atoms with van der Waals surface area (Å²) in [5, 5.41) is 2.83. The monoisotopic (exact) mass is 431 g/mol. The number of carbonyl (C=O) groups is 2. The van der Waals surface area contributed by atoms with Gasteiger partial charge in [-0.2, -0.15) is 0 Å². The van der Waals surface area contributed by atoms with Gasteiger partial charge in [-0.15, -0.1) is 0 Å². The SMILES string of the molecule is CN(C)c1ccc(/C=C2\SC(=O)N(CNc3ccc(Br)cc3)C2=O)cc1. The lowest BCUT2D eigenvalue weighted by Gasteiger charge is -2.14. The third kappa shape index (κ3) is 4.28. The molecule has 134 valence electrons. The van der Waals surface area contributed by atoms with Gasteiger partial charge in [-0.3, -0.25) is 14.5 Å². The van der Waals surface area contributed by atoms with Crippen LogP contribution in [0.4, 0.5) is 16.2 Å². The van der Waals surface area contributed by atoms with Gasteiger partial charge < -0.3 is 10.2 Å². The second-order valence-electron chi connectivity index (χ2n) is 5.94. The maximum absolute atomic E-state index is 12.5. The highest BCUT2D eigenvalue weighted by molar-refractivity contribution is 9.10. The lowest BCUT2D eigenvalue weighted by molar-refractivity contribution is -0.122. The van der Waals surface area contributed by atoms with Crippen molar-refractivity contribution in [2.75, 3.05) is 31.0 Å². The molecule has 7 heteroatoms. The van der Waals surface area contributed by atoms with Gasteiger partial charge in [0.2, 0.25) is 0 Å². The Morgan fingerprint density at radius 3 is 2.35 bits per heavy atom. The number of amides is 2. The van der Waals surface area contributed by atoms with Gasteiger partial charge in [0.05, 0.1) is 11.6 Å². The number of halogens is 1. The topological polar surface area (TPSA) is 52.7 Å². The van der Waals surface area contributed by atoms with E-state index in [1.807, 2.05) is 67.5 Å². The van der Waals surface area contributed by atoms with Crippen molar-refractivity contribution in [2.24, 2.45) is 0 Å². The molecule has 2 aromatic carbocycles. The van der Waals surface area contributed by atoms with Crippen LogP contribution in [0.3, 0.4) is 0 Å². The molecule has 3 rings (SSSR count). The first-order chi connectivity index (χ1) is 12.4. The van der Waals surface area contributed by atoms with E-state index in [2.05, 4.69) is 21.2 Å². The van der Waals surface area contributed by atoms with Crippen LogP contribution in [0.25, 0.3) is 6.08 Å². The van der Waals surface area contributed by atoms with Crippen LogP contribution < -0.4 is 10.2 Å². The van der Waals surface area contributed by atoms with E-state index >= 15 is 0 Å².